The zero-order valence-corrected chi connectivity index (χ0v) is 16.0. The molecule has 1 fully saturated rings. The van der Waals surface area contributed by atoms with E-state index in [1.807, 2.05) is 36.1 Å². The number of benzene rings is 2. The van der Waals surface area contributed by atoms with Crippen molar-refractivity contribution in [3.8, 4) is 5.69 Å². The number of anilines is 1. The van der Waals surface area contributed by atoms with E-state index in [-0.39, 0.29) is 11.7 Å². The van der Waals surface area contributed by atoms with Crippen LogP contribution in [0.2, 0.25) is 0 Å². The second-order valence-corrected chi connectivity index (χ2v) is 7.05. The van der Waals surface area contributed by atoms with Gasteiger partial charge in [-0.2, -0.15) is 0 Å². The van der Waals surface area contributed by atoms with Gasteiger partial charge >= 0.3 is 0 Å². The molecule has 0 bridgehead atoms. The lowest BCUT2D eigenvalue weighted by molar-refractivity contribution is 0.0740. The summed E-state index contributed by atoms with van der Waals surface area (Å²) in [6, 6.07) is 12.7. The average Bonchev–Trinajstić information content (AvgIpc) is 3.20. The molecule has 0 N–H and O–H groups in total. The summed E-state index contributed by atoms with van der Waals surface area (Å²) in [7, 11) is 0. The molecule has 1 saturated heterocycles. The first kappa shape index (κ1) is 18.2. The van der Waals surface area contributed by atoms with E-state index < -0.39 is 0 Å². The highest BCUT2D eigenvalue weighted by Crippen LogP contribution is 2.21. The summed E-state index contributed by atoms with van der Waals surface area (Å²) in [5.74, 6) is -0.387. The summed E-state index contributed by atoms with van der Waals surface area (Å²) in [6.07, 6.45) is 1.66. The molecule has 0 atom stereocenters. The van der Waals surface area contributed by atoms with Crippen LogP contribution in [0.15, 0.2) is 48.7 Å². The number of halogens is 1. The highest BCUT2D eigenvalue weighted by Gasteiger charge is 2.25. The molecule has 0 radical (unpaired) electrons. The molecule has 2 aromatic carbocycles. The largest absolute Gasteiger partial charge is 0.366 e. The quantitative estimate of drug-likeness (QED) is 0.702. The summed E-state index contributed by atoms with van der Waals surface area (Å²) in [6.45, 7) is 6.29. The van der Waals surface area contributed by atoms with Crippen LogP contribution < -0.4 is 4.90 Å². The minimum atomic E-state index is -0.237. The Bertz CT molecular complexity index is 1010. The van der Waals surface area contributed by atoms with Gasteiger partial charge in [-0.25, -0.2) is 9.07 Å². The monoisotopic (exact) mass is 379 g/mol. The Morgan fingerprint density at radius 3 is 2.46 bits per heavy atom. The Labute approximate surface area is 163 Å². The molecule has 1 amide bonds. The summed E-state index contributed by atoms with van der Waals surface area (Å²) >= 11 is 0. The third-order valence-electron chi connectivity index (χ3n) is 5.23. The van der Waals surface area contributed by atoms with E-state index in [1.165, 1.54) is 11.6 Å². The highest BCUT2D eigenvalue weighted by atomic mass is 19.1. The van der Waals surface area contributed by atoms with Crippen LogP contribution in [0.3, 0.4) is 0 Å². The molecule has 0 unspecified atom stereocenters. The van der Waals surface area contributed by atoms with Gasteiger partial charge in [-0.3, -0.25) is 4.79 Å². The first-order valence-corrected chi connectivity index (χ1v) is 9.31. The normalized spacial score (nSPS) is 14.4. The summed E-state index contributed by atoms with van der Waals surface area (Å²) in [4.78, 5) is 16.5. The minimum Gasteiger partial charge on any atom is -0.366 e. The molecular formula is C21H22FN5O. The molecule has 3 aromatic rings. The van der Waals surface area contributed by atoms with Crippen molar-refractivity contribution < 1.29 is 9.18 Å². The second-order valence-electron chi connectivity index (χ2n) is 7.05. The molecule has 6 nitrogen and oxygen atoms in total. The number of aromatic nitrogens is 3. The second kappa shape index (κ2) is 7.42. The van der Waals surface area contributed by atoms with Crippen LogP contribution in [0.5, 0.6) is 0 Å². The van der Waals surface area contributed by atoms with Crippen LogP contribution in [0.25, 0.3) is 5.69 Å². The number of amides is 1. The van der Waals surface area contributed by atoms with Gasteiger partial charge in [-0.05, 0) is 49.2 Å². The van der Waals surface area contributed by atoms with E-state index in [9.17, 15) is 9.18 Å². The number of aryl methyl sites for hydroxylation is 2. The fourth-order valence-electron chi connectivity index (χ4n) is 3.38. The molecule has 2 heterocycles. The van der Waals surface area contributed by atoms with Crippen molar-refractivity contribution >= 4 is 11.6 Å². The van der Waals surface area contributed by atoms with Crippen LogP contribution >= 0.6 is 0 Å². The first-order valence-electron chi connectivity index (χ1n) is 9.31. The molecule has 0 aliphatic carbocycles. The Hall–Kier alpha value is -3.22. The van der Waals surface area contributed by atoms with Gasteiger partial charge in [-0.1, -0.05) is 23.4 Å². The van der Waals surface area contributed by atoms with Crippen LogP contribution in [0, 0.1) is 19.7 Å². The third-order valence-corrected chi connectivity index (χ3v) is 5.23. The molecular weight excluding hydrogens is 357 g/mol. The van der Waals surface area contributed by atoms with Gasteiger partial charge in [0.15, 0.2) is 5.69 Å². The van der Waals surface area contributed by atoms with Gasteiger partial charge < -0.3 is 9.80 Å². The smallest absolute Gasteiger partial charge is 0.276 e. The fraction of sp³-hybridized carbons (Fsp3) is 0.286. The van der Waals surface area contributed by atoms with Crippen LogP contribution in [0.4, 0.5) is 10.1 Å². The maximum Gasteiger partial charge on any atom is 0.276 e. The van der Waals surface area contributed by atoms with Crippen molar-refractivity contribution in [3.63, 3.8) is 0 Å². The molecule has 1 aromatic heterocycles. The number of carbonyl (C=O) groups excluding carboxylic acids is 1. The van der Waals surface area contributed by atoms with E-state index in [2.05, 4.69) is 17.2 Å². The lowest BCUT2D eigenvalue weighted by Crippen LogP contribution is -2.49. The molecule has 28 heavy (non-hydrogen) atoms. The van der Waals surface area contributed by atoms with E-state index in [0.29, 0.717) is 37.6 Å². The van der Waals surface area contributed by atoms with Gasteiger partial charge in [0.1, 0.15) is 5.82 Å². The van der Waals surface area contributed by atoms with Crippen LogP contribution in [0.1, 0.15) is 21.6 Å². The van der Waals surface area contributed by atoms with E-state index in [4.69, 9.17) is 0 Å². The lowest BCUT2D eigenvalue weighted by atomic mass is 10.1. The predicted molar refractivity (Wildman–Crippen MR) is 105 cm³/mol. The van der Waals surface area contributed by atoms with Crippen molar-refractivity contribution in [2.45, 2.75) is 13.8 Å². The number of hydrogen-bond donors (Lipinski definition) is 0. The topological polar surface area (TPSA) is 54.3 Å². The molecule has 1 aliphatic rings. The van der Waals surface area contributed by atoms with Gasteiger partial charge in [0.05, 0.1) is 17.6 Å². The number of nitrogens with zero attached hydrogens (tertiary/aromatic N) is 5. The third kappa shape index (κ3) is 3.47. The molecule has 144 valence electrons. The van der Waals surface area contributed by atoms with E-state index in [1.54, 1.807) is 27.9 Å². The predicted octanol–water partition coefficient (Wildman–Crippen LogP) is 2.99. The van der Waals surface area contributed by atoms with Gasteiger partial charge in [0.25, 0.3) is 5.91 Å². The van der Waals surface area contributed by atoms with Crippen molar-refractivity contribution in [3.05, 3.63) is 71.3 Å². The number of carbonyl (C=O) groups is 1. The zero-order valence-electron chi connectivity index (χ0n) is 16.0. The Morgan fingerprint density at radius 1 is 1.00 bits per heavy atom. The maximum atomic E-state index is 14.0. The lowest BCUT2D eigenvalue weighted by Gasteiger charge is -2.35. The summed E-state index contributed by atoms with van der Waals surface area (Å²) in [5, 5.41) is 8.17. The number of para-hydroxylation sites is 1. The number of piperazine rings is 1. The standard InChI is InChI=1S/C21H22FN5O/c1-15-7-8-17(13-16(15)2)27-14-19(23-24-27)21(28)26-11-9-25(10-12-26)20-6-4-3-5-18(20)22/h3-8,13-14H,9-12H2,1-2H3. The fourth-order valence-corrected chi connectivity index (χ4v) is 3.38. The Balaban J connectivity index is 1.44. The van der Waals surface area contributed by atoms with Crippen molar-refractivity contribution in [2.24, 2.45) is 0 Å². The average molecular weight is 379 g/mol. The van der Waals surface area contributed by atoms with Gasteiger partial charge in [0.2, 0.25) is 0 Å². The molecule has 0 saturated carbocycles. The molecule has 7 heteroatoms. The van der Waals surface area contributed by atoms with Crippen molar-refractivity contribution in [1.29, 1.82) is 0 Å². The Morgan fingerprint density at radius 2 is 1.75 bits per heavy atom. The first-order chi connectivity index (χ1) is 13.5. The SMILES string of the molecule is Cc1ccc(-n2cc(C(=O)N3CCN(c4ccccc4F)CC3)nn2)cc1C. The number of hydrogen-bond acceptors (Lipinski definition) is 4. The Kier molecular flexibility index (Phi) is 4.81. The molecule has 1 aliphatic heterocycles. The maximum absolute atomic E-state index is 14.0. The van der Waals surface area contributed by atoms with E-state index >= 15 is 0 Å². The number of rotatable bonds is 3. The van der Waals surface area contributed by atoms with Gasteiger partial charge in [0, 0.05) is 26.2 Å². The zero-order chi connectivity index (χ0) is 19.7. The van der Waals surface area contributed by atoms with Crippen LogP contribution in [-0.4, -0.2) is 52.0 Å². The van der Waals surface area contributed by atoms with Crippen LogP contribution in [-0.2, 0) is 0 Å². The summed E-state index contributed by atoms with van der Waals surface area (Å²) < 4.78 is 15.6. The van der Waals surface area contributed by atoms with Gasteiger partial charge in [-0.15, -0.1) is 5.10 Å². The minimum absolute atomic E-state index is 0.150. The van der Waals surface area contributed by atoms with Crippen molar-refractivity contribution in [2.75, 3.05) is 31.1 Å². The van der Waals surface area contributed by atoms with E-state index in [0.717, 1.165) is 11.3 Å². The van der Waals surface area contributed by atoms with Crippen molar-refractivity contribution in [1.82, 2.24) is 19.9 Å². The summed E-state index contributed by atoms with van der Waals surface area (Å²) in [5.41, 5.74) is 4.13. The molecule has 4 rings (SSSR count). The molecule has 0 spiro atoms. The highest BCUT2D eigenvalue weighted by molar-refractivity contribution is 5.92.